The van der Waals surface area contributed by atoms with E-state index < -0.39 is 0 Å². The van der Waals surface area contributed by atoms with E-state index in [1.54, 1.807) is 0 Å². The van der Waals surface area contributed by atoms with Crippen LogP contribution in [0.1, 0.15) is 37.3 Å². The van der Waals surface area contributed by atoms with Gasteiger partial charge in [0.1, 0.15) is 0 Å². The molecule has 0 saturated heterocycles. The summed E-state index contributed by atoms with van der Waals surface area (Å²) in [6, 6.07) is 4.29. The van der Waals surface area contributed by atoms with Gasteiger partial charge in [0.2, 0.25) is 0 Å². The van der Waals surface area contributed by atoms with Gasteiger partial charge < -0.3 is 0 Å². The molecule has 100 valence electrons. The lowest BCUT2D eigenvalue weighted by Crippen LogP contribution is -2.26. The lowest BCUT2D eigenvalue weighted by atomic mass is 9.71. The molecule has 3 aliphatic carbocycles. The van der Waals surface area contributed by atoms with Gasteiger partial charge in [-0.15, -0.1) is 0 Å². The highest BCUT2D eigenvalue weighted by Gasteiger charge is 2.53. The molecule has 3 aliphatic rings. The van der Waals surface area contributed by atoms with Crippen molar-refractivity contribution in [2.75, 3.05) is 0 Å². The van der Waals surface area contributed by atoms with Crippen LogP contribution in [0, 0.1) is 11.3 Å². The van der Waals surface area contributed by atoms with Crippen molar-refractivity contribution in [3.63, 3.8) is 0 Å². The third-order valence-electron chi connectivity index (χ3n) is 5.77. The van der Waals surface area contributed by atoms with Crippen molar-refractivity contribution in [2.24, 2.45) is 11.3 Å². The number of nitrogens with zero attached hydrogens (tertiary/aromatic N) is 1. The fraction of sp³-hybridized carbons (Fsp3) is 0.412. The highest BCUT2D eigenvalue weighted by atomic mass is 16.1. The monoisotopic (exact) mass is 264 g/mol. The summed E-state index contributed by atoms with van der Waals surface area (Å²) in [7, 11) is 0. The second-order valence-electron chi connectivity index (χ2n) is 6.68. The molecular formula is C17H16N2O. The minimum Gasteiger partial charge on any atom is -0.294 e. The van der Waals surface area contributed by atoms with E-state index in [1.807, 2.05) is 13.1 Å². The van der Waals surface area contributed by atoms with Gasteiger partial charge in [0.05, 0.1) is 11.7 Å². The molecule has 1 heterocycles. The van der Waals surface area contributed by atoms with Crippen LogP contribution in [0.2, 0.25) is 0 Å². The van der Waals surface area contributed by atoms with Gasteiger partial charge >= 0.3 is 0 Å². The second kappa shape index (κ2) is 3.22. The third-order valence-corrected chi connectivity index (χ3v) is 5.77. The Kier molecular flexibility index (Phi) is 1.74. The van der Waals surface area contributed by atoms with Gasteiger partial charge in [-0.1, -0.05) is 6.07 Å². The summed E-state index contributed by atoms with van der Waals surface area (Å²) in [6.07, 6.45) is 6.33. The molecule has 2 bridgehead atoms. The molecule has 0 amide bonds. The predicted octanol–water partition coefficient (Wildman–Crippen LogP) is 3.26. The van der Waals surface area contributed by atoms with Crippen molar-refractivity contribution in [3.05, 3.63) is 35.0 Å². The molecule has 1 spiro atoms. The summed E-state index contributed by atoms with van der Waals surface area (Å²) in [5.74, 6) is 0.682. The normalized spacial score (nSPS) is 31.1. The predicted molar refractivity (Wildman–Crippen MR) is 77.2 cm³/mol. The first kappa shape index (κ1) is 10.8. The number of carbonyl (C=O) groups is 1. The summed E-state index contributed by atoms with van der Waals surface area (Å²) in [5.41, 5.74) is 6.45. The van der Waals surface area contributed by atoms with E-state index in [9.17, 15) is 4.79 Å². The maximum absolute atomic E-state index is 12.5. The Morgan fingerprint density at radius 3 is 3.20 bits per heavy atom. The molecule has 0 radical (unpaired) electrons. The molecule has 0 aliphatic heterocycles. The molecule has 1 N–H and O–H groups in total. The number of rotatable bonds is 0. The highest BCUT2D eigenvalue weighted by molar-refractivity contribution is 6.09. The fourth-order valence-electron chi connectivity index (χ4n) is 4.98. The van der Waals surface area contributed by atoms with Crippen LogP contribution in [-0.2, 0) is 11.2 Å². The van der Waals surface area contributed by atoms with Crippen molar-refractivity contribution >= 4 is 22.3 Å². The summed E-state index contributed by atoms with van der Waals surface area (Å²) < 4.78 is 0. The Hall–Kier alpha value is -1.90. The topological polar surface area (TPSA) is 45.8 Å². The Labute approximate surface area is 117 Å². The second-order valence-corrected chi connectivity index (χ2v) is 6.68. The molecule has 2 unspecified atom stereocenters. The largest absolute Gasteiger partial charge is 0.294 e. The first-order chi connectivity index (χ1) is 9.70. The molecule has 3 nitrogen and oxygen atoms in total. The van der Waals surface area contributed by atoms with Crippen LogP contribution in [0.15, 0.2) is 23.9 Å². The van der Waals surface area contributed by atoms with Gasteiger partial charge in [0.15, 0.2) is 5.78 Å². The number of fused-ring (bicyclic) bond motifs is 5. The molecule has 20 heavy (non-hydrogen) atoms. The molecule has 3 heteroatoms. The molecule has 2 atom stereocenters. The number of carbonyl (C=O) groups excluding carboxylic acids is 1. The summed E-state index contributed by atoms with van der Waals surface area (Å²) in [5, 5.41) is 8.48. The quantitative estimate of drug-likeness (QED) is 0.793. The number of hydrogen-bond acceptors (Lipinski definition) is 2. The Balaban J connectivity index is 1.88. The van der Waals surface area contributed by atoms with Crippen molar-refractivity contribution in [1.29, 1.82) is 0 Å². The number of allylic oxidation sites excluding steroid dienone is 2. The van der Waals surface area contributed by atoms with Gasteiger partial charge in [-0.2, -0.15) is 5.10 Å². The molecule has 1 saturated carbocycles. The zero-order chi connectivity index (χ0) is 13.5. The number of benzene rings is 1. The lowest BCUT2D eigenvalue weighted by Gasteiger charge is -2.31. The molecular weight excluding hydrogens is 248 g/mol. The average Bonchev–Trinajstić information content (AvgIpc) is 3.11. The fourth-order valence-corrected chi connectivity index (χ4v) is 4.98. The first-order valence-corrected chi connectivity index (χ1v) is 7.40. The number of aromatic nitrogens is 2. The van der Waals surface area contributed by atoms with Gasteiger partial charge in [-0.3, -0.25) is 9.89 Å². The van der Waals surface area contributed by atoms with E-state index >= 15 is 0 Å². The number of hydrogen-bond donors (Lipinski definition) is 1. The minimum atomic E-state index is 0.247. The average molecular weight is 264 g/mol. The van der Waals surface area contributed by atoms with Gasteiger partial charge in [0.25, 0.3) is 0 Å². The number of Topliss-reactive ketones (excluding diaryl/α,β-unsaturated/α-hetero) is 1. The van der Waals surface area contributed by atoms with Crippen LogP contribution in [0.5, 0.6) is 0 Å². The molecule has 5 rings (SSSR count). The Morgan fingerprint density at radius 2 is 2.30 bits per heavy atom. The van der Waals surface area contributed by atoms with Crippen molar-refractivity contribution in [3.8, 4) is 0 Å². The summed E-state index contributed by atoms with van der Waals surface area (Å²) >= 11 is 0. The van der Waals surface area contributed by atoms with Gasteiger partial charge in [-0.05, 0) is 60.9 Å². The van der Waals surface area contributed by atoms with E-state index in [0.717, 1.165) is 30.4 Å². The summed E-state index contributed by atoms with van der Waals surface area (Å²) in [4.78, 5) is 12.5. The van der Waals surface area contributed by atoms with E-state index in [1.165, 1.54) is 28.5 Å². The van der Waals surface area contributed by atoms with Crippen LogP contribution < -0.4 is 0 Å². The van der Waals surface area contributed by atoms with Crippen LogP contribution in [-0.4, -0.2) is 16.0 Å². The van der Waals surface area contributed by atoms with Crippen molar-refractivity contribution < 1.29 is 4.79 Å². The SMILES string of the molecule is CC1=C2c3ccc4[nH]ncc4c3CC23CCC(C3)C1=O. The Bertz CT molecular complexity index is 814. The smallest absolute Gasteiger partial charge is 0.161 e. The molecule has 1 fully saturated rings. The molecule has 2 aromatic rings. The van der Waals surface area contributed by atoms with E-state index in [4.69, 9.17) is 0 Å². The zero-order valence-corrected chi connectivity index (χ0v) is 11.5. The van der Waals surface area contributed by atoms with Gasteiger partial charge in [0, 0.05) is 16.7 Å². The molecule has 1 aromatic carbocycles. The van der Waals surface area contributed by atoms with Crippen molar-refractivity contribution in [1.82, 2.24) is 10.2 Å². The maximum atomic E-state index is 12.5. The molecule has 1 aromatic heterocycles. The van der Waals surface area contributed by atoms with Crippen LogP contribution >= 0.6 is 0 Å². The van der Waals surface area contributed by atoms with Gasteiger partial charge in [-0.25, -0.2) is 0 Å². The zero-order valence-electron chi connectivity index (χ0n) is 11.5. The van der Waals surface area contributed by atoms with Crippen molar-refractivity contribution in [2.45, 2.75) is 32.6 Å². The number of H-pyrrole nitrogens is 1. The van der Waals surface area contributed by atoms with E-state index in [0.29, 0.717) is 5.78 Å². The standard InChI is InChI=1S/C17H16N2O/c1-9-15-11-2-3-14-13(8-18-19-14)12(11)7-17(15)5-4-10(6-17)16(9)20/h2-3,8,10H,4-7H2,1H3,(H,18,19). The third kappa shape index (κ3) is 1.05. The number of ketones is 1. The van der Waals surface area contributed by atoms with E-state index in [2.05, 4.69) is 22.3 Å². The van der Waals surface area contributed by atoms with Crippen LogP contribution in [0.3, 0.4) is 0 Å². The maximum Gasteiger partial charge on any atom is 0.161 e. The first-order valence-electron chi connectivity index (χ1n) is 7.40. The van der Waals surface area contributed by atoms with Crippen LogP contribution in [0.25, 0.3) is 16.5 Å². The lowest BCUT2D eigenvalue weighted by molar-refractivity contribution is -0.119. The Morgan fingerprint density at radius 1 is 1.40 bits per heavy atom. The summed E-state index contributed by atoms with van der Waals surface area (Å²) in [6.45, 7) is 2.04. The highest BCUT2D eigenvalue weighted by Crippen LogP contribution is 2.62. The number of nitrogens with one attached hydrogen (secondary N) is 1. The van der Waals surface area contributed by atoms with Crippen LogP contribution in [0.4, 0.5) is 0 Å². The van der Waals surface area contributed by atoms with E-state index in [-0.39, 0.29) is 11.3 Å². The minimum absolute atomic E-state index is 0.247. The number of aromatic amines is 1.